The zero-order chi connectivity index (χ0) is 18.8. The van der Waals surface area contributed by atoms with Gasteiger partial charge in [-0.1, -0.05) is 11.6 Å². The third-order valence-electron chi connectivity index (χ3n) is 3.16. The lowest BCUT2D eigenvalue weighted by atomic mass is 10.1. The number of carbonyl (C=O) groups excluding carboxylic acids is 1. The van der Waals surface area contributed by atoms with Gasteiger partial charge in [0.15, 0.2) is 9.84 Å². The molecule has 0 aliphatic rings. The number of aliphatic hydroxyl groups is 1. The van der Waals surface area contributed by atoms with E-state index in [-0.39, 0.29) is 34.3 Å². The van der Waals surface area contributed by atoms with Crippen LogP contribution in [0.15, 0.2) is 23.1 Å². The predicted octanol–water partition coefficient (Wildman–Crippen LogP) is 1.71. The molecule has 0 saturated carbocycles. The van der Waals surface area contributed by atoms with Gasteiger partial charge in [0, 0.05) is 0 Å². The minimum Gasteiger partial charge on any atom is -0.373 e. The lowest BCUT2D eigenvalue weighted by molar-refractivity contribution is -0.242. The molecule has 1 amide bonds. The number of amides is 1. The van der Waals surface area contributed by atoms with E-state index in [1.54, 1.807) is 0 Å². The molecular weight excluding hydrogens is 373 g/mol. The fraction of sp³-hybridized carbons (Fsp3) is 0.462. The molecule has 1 aromatic carbocycles. The summed E-state index contributed by atoms with van der Waals surface area (Å²) in [5.41, 5.74) is 1.36. The van der Waals surface area contributed by atoms with Crippen LogP contribution in [-0.4, -0.2) is 43.5 Å². The number of benzene rings is 1. The van der Waals surface area contributed by atoms with Gasteiger partial charge in [0.05, 0.1) is 21.4 Å². The first kappa shape index (κ1) is 20.7. The topological polar surface area (TPSA) is 109 Å². The summed E-state index contributed by atoms with van der Waals surface area (Å²) >= 11 is 5.81. The molecule has 0 aliphatic heterocycles. The summed E-state index contributed by atoms with van der Waals surface area (Å²) in [4.78, 5) is 11.4. The number of nitrogens with two attached hydrogens (primary N) is 1. The second-order valence-electron chi connectivity index (χ2n) is 5.13. The Kier molecular flexibility index (Phi) is 6.26. The zero-order valence-electron chi connectivity index (χ0n) is 12.5. The van der Waals surface area contributed by atoms with Gasteiger partial charge in [-0.2, -0.15) is 13.2 Å². The van der Waals surface area contributed by atoms with Crippen molar-refractivity contribution in [3.8, 4) is 0 Å². The van der Waals surface area contributed by atoms with Crippen LogP contribution in [0.25, 0.3) is 0 Å². The summed E-state index contributed by atoms with van der Waals surface area (Å²) < 4.78 is 61.7. The number of carbonyl (C=O) groups is 1. The SMILES string of the molecule is C[C@@](O)(C(=O)Nc1ccc(S(=O)(=O)CCCN)cc1Cl)C(F)(F)F. The van der Waals surface area contributed by atoms with Gasteiger partial charge in [-0.25, -0.2) is 8.42 Å². The Morgan fingerprint density at radius 2 is 1.96 bits per heavy atom. The highest BCUT2D eigenvalue weighted by atomic mass is 35.5. The molecule has 0 aromatic heterocycles. The van der Waals surface area contributed by atoms with E-state index in [9.17, 15) is 31.5 Å². The van der Waals surface area contributed by atoms with E-state index in [1.807, 2.05) is 5.32 Å². The smallest absolute Gasteiger partial charge is 0.373 e. The van der Waals surface area contributed by atoms with E-state index in [4.69, 9.17) is 17.3 Å². The predicted molar refractivity (Wildman–Crippen MR) is 82.5 cm³/mol. The fourth-order valence-electron chi connectivity index (χ4n) is 1.55. The van der Waals surface area contributed by atoms with Crippen LogP contribution in [0.4, 0.5) is 18.9 Å². The highest BCUT2D eigenvalue weighted by Gasteiger charge is 2.55. The lowest BCUT2D eigenvalue weighted by Gasteiger charge is -2.25. The van der Waals surface area contributed by atoms with Crippen LogP contribution < -0.4 is 11.1 Å². The van der Waals surface area contributed by atoms with E-state index >= 15 is 0 Å². The van der Waals surface area contributed by atoms with Crippen molar-refractivity contribution >= 4 is 33.0 Å². The first-order valence-corrected chi connectivity index (χ1v) is 8.69. The molecule has 0 radical (unpaired) electrons. The van der Waals surface area contributed by atoms with Crippen LogP contribution in [0.3, 0.4) is 0 Å². The van der Waals surface area contributed by atoms with Crippen LogP contribution in [0.5, 0.6) is 0 Å². The van der Waals surface area contributed by atoms with Gasteiger partial charge >= 0.3 is 6.18 Å². The summed E-state index contributed by atoms with van der Waals surface area (Å²) in [5.74, 6) is -1.95. The van der Waals surface area contributed by atoms with Gasteiger partial charge in [0.25, 0.3) is 5.91 Å². The number of anilines is 1. The summed E-state index contributed by atoms with van der Waals surface area (Å²) in [7, 11) is -3.65. The Morgan fingerprint density at radius 3 is 2.42 bits per heavy atom. The zero-order valence-corrected chi connectivity index (χ0v) is 14.1. The molecule has 4 N–H and O–H groups in total. The lowest BCUT2D eigenvalue weighted by Crippen LogP contribution is -2.52. The molecular formula is C13H16ClF3N2O4S. The molecule has 24 heavy (non-hydrogen) atoms. The molecule has 0 fully saturated rings. The van der Waals surface area contributed by atoms with Gasteiger partial charge in [0.2, 0.25) is 5.60 Å². The summed E-state index contributed by atoms with van der Waals surface area (Å²) in [6.45, 7) is 0.468. The first-order chi connectivity index (χ1) is 10.8. The normalized spacial score (nSPS) is 15.0. The quantitative estimate of drug-likeness (QED) is 0.687. The van der Waals surface area contributed by atoms with Crippen LogP contribution in [0.1, 0.15) is 13.3 Å². The van der Waals surface area contributed by atoms with Gasteiger partial charge in [0.1, 0.15) is 0 Å². The van der Waals surface area contributed by atoms with Crippen LogP contribution in [0.2, 0.25) is 5.02 Å². The average Bonchev–Trinajstić information content (AvgIpc) is 2.45. The molecule has 0 unspecified atom stereocenters. The summed E-state index contributed by atoms with van der Waals surface area (Å²) in [5, 5.41) is 10.8. The van der Waals surface area contributed by atoms with Crippen LogP contribution in [0, 0.1) is 0 Å². The maximum absolute atomic E-state index is 12.6. The molecule has 0 bridgehead atoms. The molecule has 0 aliphatic carbocycles. The minimum absolute atomic E-state index is 0.151. The van der Waals surface area contributed by atoms with E-state index in [0.717, 1.165) is 18.2 Å². The molecule has 11 heteroatoms. The summed E-state index contributed by atoms with van der Waals surface area (Å²) in [6, 6.07) is 3.14. The fourth-order valence-corrected chi connectivity index (χ4v) is 3.20. The molecule has 0 heterocycles. The van der Waals surface area contributed by atoms with E-state index in [2.05, 4.69) is 0 Å². The number of hydrogen-bond donors (Lipinski definition) is 3. The number of halogens is 4. The van der Waals surface area contributed by atoms with E-state index in [0.29, 0.717) is 6.92 Å². The maximum Gasteiger partial charge on any atom is 0.426 e. The summed E-state index contributed by atoms with van der Waals surface area (Å²) in [6.07, 6.45) is -4.96. The van der Waals surface area contributed by atoms with Gasteiger partial charge in [-0.05, 0) is 38.1 Å². The van der Waals surface area contributed by atoms with Crippen molar-refractivity contribution in [3.63, 3.8) is 0 Å². The van der Waals surface area contributed by atoms with Gasteiger partial charge in [-0.3, -0.25) is 4.79 Å². The van der Waals surface area contributed by atoms with Crippen molar-refractivity contribution in [1.29, 1.82) is 0 Å². The largest absolute Gasteiger partial charge is 0.426 e. The standard InChI is InChI=1S/C13H16ClF3N2O4S/c1-12(21,13(15,16)17)11(20)19-10-4-3-8(7-9(10)14)24(22,23)6-2-5-18/h3-4,7,21H,2,5-6,18H2,1H3,(H,19,20)/t12-/m1/s1. The number of hydrogen-bond acceptors (Lipinski definition) is 5. The number of alkyl halides is 3. The molecule has 0 spiro atoms. The maximum atomic E-state index is 12.6. The van der Waals surface area contributed by atoms with Crippen molar-refractivity contribution < 1.29 is 31.5 Å². The third-order valence-corrected chi connectivity index (χ3v) is 5.27. The van der Waals surface area contributed by atoms with Crippen molar-refractivity contribution in [2.24, 2.45) is 5.73 Å². The molecule has 1 rings (SSSR count). The van der Waals surface area contributed by atoms with Crippen LogP contribution >= 0.6 is 11.6 Å². The third kappa shape index (κ3) is 4.59. The number of sulfone groups is 1. The number of rotatable bonds is 6. The monoisotopic (exact) mass is 388 g/mol. The Labute approximate surface area is 141 Å². The Balaban J connectivity index is 3.04. The van der Waals surface area contributed by atoms with Gasteiger partial charge < -0.3 is 16.2 Å². The molecule has 0 saturated heterocycles. The van der Waals surface area contributed by atoms with Crippen molar-refractivity contribution in [2.45, 2.75) is 30.0 Å². The van der Waals surface area contributed by atoms with Gasteiger partial charge in [-0.15, -0.1) is 0 Å². The molecule has 136 valence electrons. The molecule has 1 aromatic rings. The highest BCUT2D eigenvalue weighted by molar-refractivity contribution is 7.91. The van der Waals surface area contributed by atoms with Crippen molar-refractivity contribution in [3.05, 3.63) is 23.2 Å². The van der Waals surface area contributed by atoms with Crippen LogP contribution in [-0.2, 0) is 14.6 Å². The average molecular weight is 389 g/mol. The molecule has 1 atom stereocenters. The molecule has 6 nitrogen and oxygen atoms in total. The van der Waals surface area contributed by atoms with Crippen molar-refractivity contribution in [2.75, 3.05) is 17.6 Å². The second kappa shape index (κ2) is 7.26. The first-order valence-electron chi connectivity index (χ1n) is 6.66. The Morgan fingerprint density at radius 1 is 1.38 bits per heavy atom. The Hall–Kier alpha value is -1.36. The highest BCUT2D eigenvalue weighted by Crippen LogP contribution is 2.32. The second-order valence-corrected chi connectivity index (χ2v) is 7.64. The van der Waals surface area contributed by atoms with E-state index in [1.165, 1.54) is 0 Å². The minimum atomic E-state index is -5.19. The van der Waals surface area contributed by atoms with Crippen molar-refractivity contribution in [1.82, 2.24) is 0 Å². The van der Waals surface area contributed by atoms with E-state index < -0.39 is 27.5 Å². The number of nitrogens with one attached hydrogen (secondary N) is 1. The Bertz CT molecular complexity index is 720.